The Kier molecular flexibility index (Phi) is 5.24. The largest absolute Gasteiger partial charge is 0.416 e. The molecule has 0 radical (unpaired) electrons. The molecule has 6 heteroatoms. The van der Waals surface area contributed by atoms with E-state index in [0.29, 0.717) is 5.56 Å². The highest BCUT2D eigenvalue weighted by Gasteiger charge is 2.32. The van der Waals surface area contributed by atoms with E-state index in [-0.39, 0.29) is 18.3 Å². The van der Waals surface area contributed by atoms with E-state index in [4.69, 9.17) is 5.73 Å². The predicted octanol–water partition coefficient (Wildman–Crippen LogP) is 3.29. The maximum Gasteiger partial charge on any atom is 0.416 e. The van der Waals surface area contributed by atoms with Crippen molar-refractivity contribution < 1.29 is 18.3 Å². The lowest BCUT2D eigenvalue weighted by Gasteiger charge is -2.33. The number of hydrogen-bond donors (Lipinski definition) is 2. The third-order valence-electron chi connectivity index (χ3n) is 3.62. The quantitative estimate of drug-likeness (QED) is 0.899. The number of hydrogen-bond acceptors (Lipinski definition) is 2. The molecule has 2 nitrogen and oxygen atoms in total. The van der Waals surface area contributed by atoms with Crippen LogP contribution in [0.1, 0.15) is 36.4 Å². The zero-order chi connectivity index (χ0) is 13.3. The molecule has 2 rings (SSSR count). The van der Waals surface area contributed by atoms with Gasteiger partial charge in [0.1, 0.15) is 0 Å². The van der Waals surface area contributed by atoms with Crippen molar-refractivity contribution in [3.05, 3.63) is 35.4 Å². The second-order valence-electron chi connectivity index (χ2n) is 4.83. The lowest BCUT2D eigenvalue weighted by Crippen LogP contribution is -2.36. The number of halogens is 4. The van der Waals surface area contributed by atoms with Crippen LogP contribution in [0.15, 0.2) is 24.3 Å². The lowest BCUT2D eigenvalue weighted by atomic mass is 9.77. The molecule has 0 unspecified atom stereocenters. The molecule has 0 saturated heterocycles. The van der Waals surface area contributed by atoms with E-state index in [1.54, 1.807) is 0 Å². The molecular weight excluding hydrogens is 279 g/mol. The Labute approximate surface area is 116 Å². The van der Waals surface area contributed by atoms with E-state index in [2.05, 4.69) is 0 Å². The van der Waals surface area contributed by atoms with Crippen molar-refractivity contribution in [2.75, 3.05) is 0 Å². The molecule has 0 heterocycles. The first-order valence-corrected chi connectivity index (χ1v) is 6.00. The van der Waals surface area contributed by atoms with Crippen LogP contribution in [0, 0.1) is 5.92 Å². The number of benzene rings is 1. The van der Waals surface area contributed by atoms with Gasteiger partial charge < -0.3 is 10.8 Å². The van der Waals surface area contributed by atoms with Crippen molar-refractivity contribution >= 4 is 12.4 Å². The van der Waals surface area contributed by atoms with Crippen molar-refractivity contribution in [2.24, 2.45) is 11.7 Å². The first kappa shape index (κ1) is 16.3. The number of aliphatic hydroxyl groups is 1. The standard InChI is InChI=1S/C13H16F3NO.ClH/c14-13(15,16)10-6-4-8(5-7-10)11(17)12(18)9-2-1-3-9;/h4-7,9,11-12,18H,1-3,17H2;1H/t11-,12+;/m0./s1. The van der Waals surface area contributed by atoms with Gasteiger partial charge in [-0.25, -0.2) is 0 Å². The molecule has 1 aliphatic rings. The molecular formula is C13H17ClF3NO. The summed E-state index contributed by atoms with van der Waals surface area (Å²) in [6.07, 6.45) is -2.04. The second kappa shape index (κ2) is 6.11. The Bertz CT molecular complexity index is 403. The summed E-state index contributed by atoms with van der Waals surface area (Å²) in [6, 6.07) is 4.08. The summed E-state index contributed by atoms with van der Waals surface area (Å²) in [4.78, 5) is 0. The van der Waals surface area contributed by atoms with Crippen molar-refractivity contribution in [1.29, 1.82) is 0 Å². The molecule has 1 aromatic rings. The monoisotopic (exact) mass is 295 g/mol. The molecule has 0 amide bonds. The summed E-state index contributed by atoms with van der Waals surface area (Å²) in [6.45, 7) is 0. The summed E-state index contributed by atoms with van der Waals surface area (Å²) in [5, 5.41) is 9.97. The molecule has 0 spiro atoms. The number of rotatable bonds is 3. The van der Waals surface area contributed by atoms with Gasteiger partial charge in [0, 0.05) is 0 Å². The van der Waals surface area contributed by atoms with Crippen molar-refractivity contribution in [2.45, 2.75) is 37.6 Å². The van der Waals surface area contributed by atoms with E-state index in [1.807, 2.05) is 0 Å². The highest BCUT2D eigenvalue weighted by Crippen LogP contribution is 2.35. The van der Waals surface area contributed by atoms with Crippen molar-refractivity contribution in [1.82, 2.24) is 0 Å². The van der Waals surface area contributed by atoms with E-state index in [9.17, 15) is 18.3 Å². The summed E-state index contributed by atoms with van der Waals surface area (Å²) in [5.74, 6) is 0.183. The van der Waals surface area contributed by atoms with E-state index < -0.39 is 23.9 Å². The highest BCUT2D eigenvalue weighted by molar-refractivity contribution is 5.85. The van der Waals surface area contributed by atoms with Crippen LogP contribution in [-0.4, -0.2) is 11.2 Å². The molecule has 1 fully saturated rings. The summed E-state index contributed by atoms with van der Waals surface area (Å²) in [7, 11) is 0. The topological polar surface area (TPSA) is 46.2 Å². The molecule has 0 aromatic heterocycles. The number of alkyl halides is 3. The molecule has 1 saturated carbocycles. The third kappa shape index (κ3) is 3.61. The van der Waals surface area contributed by atoms with Gasteiger partial charge in [-0.05, 0) is 36.5 Å². The molecule has 2 atom stereocenters. The van der Waals surface area contributed by atoms with Crippen LogP contribution in [0.5, 0.6) is 0 Å². The zero-order valence-electron chi connectivity index (χ0n) is 10.2. The summed E-state index contributed by atoms with van der Waals surface area (Å²) >= 11 is 0. The first-order valence-electron chi connectivity index (χ1n) is 6.00. The van der Waals surface area contributed by atoms with Gasteiger partial charge in [0.05, 0.1) is 17.7 Å². The van der Waals surface area contributed by atoms with Gasteiger partial charge in [0.25, 0.3) is 0 Å². The Hall–Kier alpha value is -0.780. The maximum atomic E-state index is 12.4. The van der Waals surface area contributed by atoms with Crippen LogP contribution in [0.2, 0.25) is 0 Å². The van der Waals surface area contributed by atoms with Gasteiger partial charge in [-0.3, -0.25) is 0 Å². The fourth-order valence-electron chi connectivity index (χ4n) is 2.17. The van der Waals surface area contributed by atoms with E-state index in [1.165, 1.54) is 12.1 Å². The Morgan fingerprint density at radius 2 is 1.68 bits per heavy atom. The van der Waals surface area contributed by atoms with Gasteiger partial charge in [-0.2, -0.15) is 13.2 Å². The van der Waals surface area contributed by atoms with Crippen LogP contribution in [0.4, 0.5) is 13.2 Å². The fraction of sp³-hybridized carbons (Fsp3) is 0.538. The lowest BCUT2D eigenvalue weighted by molar-refractivity contribution is -0.137. The molecule has 1 aliphatic carbocycles. The number of aliphatic hydroxyl groups excluding tert-OH is 1. The first-order chi connectivity index (χ1) is 8.39. The molecule has 1 aromatic carbocycles. The fourth-order valence-corrected chi connectivity index (χ4v) is 2.17. The number of nitrogens with two attached hydrogens (primary N) is 1. The van der Waals surface area contributed by atoms with Crippen molar-refractivity contribution in [3.63, 3.8) is 0 Å². The summed E-state index contributed by atoms with van der Waals surface area (Å²) in [5.41, 5.74) is 5.72. The Balaban J connectivity index is 0.00000180. The van der Waals surface area contributed by atoms with Gasteiger partial charge in [0.2, 0.25) is 0 Å². The predicted molar refractivity (Wildman–Crippen MR) is 69.0 cm³/mol. The smallest absolute Gasteiger partial charge is 0.391 e. The van der Waals surface area contributed by atoms with E-state index in [0.717, 1.165) is 31.4 Å². The molecule has 108 valence electrons. The van der Waals surface area contributed by atoms with Crippen LogP contribution in [0.3, 0.4) is 0 Å². The Morgan fingerprint density at radius 3 is 2.05 bits per heavy atom. The van der Waals surface area contributed by atoms with Crippen LogP contribution in [-0.2, 0) is 6.18 Å². The summed E-state index contributed by atoms with van der Waals surface area (Å²) < 4.78 is 37.2. The van der Waals surface area contributed by atoms with Gasteiger partial charge >= 0.3 is 6.18 Å². The van der Waals surface area contributed by atoms with Gasteiger partial charge in [0.15, 0.2) is 0 Å². The minimum atomic E-state index is -4.34. The minimum Gasteiger partial charge on any atom is -0.391 e. The average Bonchev–Trinajstić information content (AvgIpc) is 2.24. The van der Waals surface area contributed by atoms with Gasteiger partial charge in [-0.1, -0.05) is 18.6 Å². The molecule has 3 N–H and O–H groups in total. The van der Waals surface area contributed by atoms with E-state index >= 15 is 0 Å². The normalized spacial score (nSPS) is 19.2. The SMILES string of the molecule is Cl.N[C@@H](c1ccc(C(F)(F)F)cc1)[C@H](O)C1CCC1. The molecule has 19 heavy (non-hydrogen) atoms. The highest BCUT2D eigenvalue weighted by atomic mass is 35.5. The minimum absolute atomic E-state index is 0. The zero-order valence-corrected chi connectivity index (χ0v) is 11.0. The second-order valence-corrected chi connectivity index (χ2v) is 4.83. The van der Waals surface area contributed by atoms with Gasteiger partial charge in [-0.15, -0.1) is 12.4 Å². The van der Waals surface area contributed by atoms with Crippen LogP contribution < -0.4 is 5.73 Å². The van der Waals surface area contributed by atoms with Crippen LogP contribution in [0.25, 0.3) is 0 Å². The molecule has 0 bridgehead atoms. The third-order valence-corrected chi connectivity index (χ3v) is 3.62. The maximum absolute atomic E-state index is 12.4. The van der Waals surface area contributed by atoms with Crippen molar-refractivity contribution in [3.8, 4) is 0 Å². The Morgan fingerprint density at radius 1 is 1.16 bits per heavy atom. The average molecular weight is 296 g/mol. The molecule has 0 aliphatic heterocycles. The van der Waals surface area contributed by atoms with Crippen LogP contribution >= 0.6 is 12.4 Å².